The molecule has 0 unspecified atom stereocenters. The van der Waals surface area contributed by atoms with Gasteiger partial charge >= 0.3 is 0 Å². The SMILES string of the molecule is O=S(=O)(Nc1ccc(Br)cn1)c1ccccc1. The van der Waals surface area contributed by atoms with Crippen molar-refractivity contribution in [2.45, 2.75) is 4.90 Å². The molecule has 0 bridgehead atoms. The van der Waals surface area contributed by atoms with Crippen LogP contribution in [-0.2, 0) is 10.0 Å². The highest BCUT2D eigenvalue weighted by Gasteiger charge is 2.13. The summed E-state index contributed by atoms with van der Waals surface area (Å²) in [7, 11) is -3.55. The average Bonchev–Trinajstić information content (AvgIpc) is 2.33. The van der Waals surface area contributed by atoms with Crippen LogP contribution in [0, 0.1) is 0 Å². The number of sulfonamides is 1. The van der Waals surface area contributed by atoms with E-state index in [1.165, 1.54) is 18.3 Å². The van der Waals surface area contributed by atoms with Gasteiger partial charge in [-0.3, -0.25) is 4.72 Å². The summed E-state index contributed by atoms with van der Waals surface area (Å²) in [6.07, 6.45) is 1.53. The highest BCUT2D eigenvalue weighted by atomic mass is 79.9. The highest BCUT2D eigenvalue weighted by Crippen LogP contribution is 2.15. The van der Waals surface area contributed by atoms with E-state index in [0.717, 1.165) is 4.47 Å². The molecule has 1 N–H and O–H groups in total. The van der Waals surface area contributed by atoms with Crippen LogP contribution in [0.4, 0.5) is 5.82 Å². The van der Waals surface area contributed by atoms with Crippen molar-refractivity contribution < 1.29 is 8.42 Å². The maximum atomic E-state index is 11.9. The fourth-order valence-electron chi connectivity index (χ4n) is 1.23. The highest BCUT2D eigenvalue weighted by molar-refractivity contribution is 9.10. The van der Waals surface area contributed by atoms with E-state index in [4.69, 9.17) is 0 Å². The van der Waals surface area contributed by atoms with Crippen molar-refractivity contribution in [3.63, 3.8) is 0 Å². The van der Waals surface area contributed by atoms with Crippen molar-refractivity contribution in [1.29, 1.82) is 0 Å². The van der Waals surface area contributed by atoms with Crippen molar-refractivity contribution in [3.05, 3.63) is 53.1 Å². The average molecular weight is 313 g/mol. The number of hydrogen-bond acceptors (Lipinski definition) is 3. The fraction of sp³-hybridized carbons (Fsp3) is 0. The lowest BCUT2D eigenvalue weighted by Gasteiger charge is -2.06. The molecule has 0 atom stereocenters. The summed E-state index contributed by atoms with van der Waals surface area (Å²) < 4.78 is 27.0. The second-order valence-corrected chi connectivity index (χ2v) is 5.88. The lowest BCUT2D eigenvalue weighted by atomic mass is 10.4. The summed E-state index contributed by atoms with van der Waals surface area (Å²) in [5.41, 5.74) is 0. The second-order valence-electron chi connectivity index (χ2n) is 3.28. The van der Waals surface area contributed by atoms with Gasteiger partial charge in [-0.1, -0.05) is 18.2 Å². The third-order valence-electron chi connectivity index (χ3n) is 2.02. The van der Waals surface area contributed by atoms with Gasteiger partial charge in [0.15, 0.2) is 0 Å². The van der Waals surface area contributed by atoms with Crippen LogP contribution >= 0.6 is 15.9 Å². The number of pyridine rings is 1. The number of nitrogens with zero attached hydrogens (tertiary/aromatic N) is 1. The lowest BCUT2D eigenvalue weighted by Crippen LogP contribution is -2.13. The normalized spacial score (nSPS) is 11.1. The van der Waals surface area contributed by atoms with Crippen molar-refractivity contribution >= 4 is 31.8 Å². The van der Waals surface area contributed by atoms with E-state index in [0.29, 0.717) is 0 Å². The quantitative estimate of drug-likeness (QED) is 0.947. The van der Waals surface area contributed by atoms with Gasteiger partial charge in [0.25, 0.3) is 10.0 Å². The third kappa shape index (κ3) is 3.04. The topological polar surface area (TPSA) is 59.1 Å². The van der Waals surface area contributed by atoms with E-state index < -0.39 is 10.0 Å². The molecule has 0 radical (unpaired) electrons. The summed E-state index contributed by atoms with van der Waals surface area (Å²) in [5, 5.41) is 0. The Hall–Kier alpha value is -1.40. The number of hydrogen-bond donors (Lipinski definition) is 1. The zero-order chi connectivity index (χ0) is 12.3. The van der Waals surface area contributed by atoms with Gasteiger partial charge in [-0.2, -0.15) is 0 Å². The molecule has 0 fully saturated rings. The Balaban J connectivity index is 2.27. The Labute approximate surface area is 108 Å². The molecule has 6 heteroatoms. The standard InChI is InChI=1S/C11H9BrN2O2S/c12-9-6-7-11(13-8-9)14-17(15,16)10-4-2-1-3-5-10/h1-8H,(H,13,14). The first-order valence-corrected chi connectivity index (χ1v) is 7.05. The van der Waals surface area contributed by atoms with Crippen LogP contribution in [0.15, 0.2) is 58.0 Å². The number of benzene rings is 1. The number of anilines is 1. The maximum Gasteiger partial charge on any atom is 0.263 e. The first kappa shape index (κ1) is 12.1. The van der Waals surface area contributed by atoms with Gasteiger partial charge in [0.2, 0.25) is 0 Å². The Morgan fingerprint density at radius 2 is 1.76 bits per heavy atom. The molecule has 17 heavy (non-hydrogen) atoms. The molecule has 0 saturated carbocycles. The van der Waals surface area contributed by atoms with E-state index in [2.05, 4.69) is 25.6 Å². The van der Waals surface area contributed by atoms with Crippen molar-refractivity contribution in [2.75, 3.05) is 4.72 Å². The molecular formula is C11H9BrN2O2S. The Bertz CT molecular complexity index is 597. The predicted octanol–water partition coefficient (Wildman–Crippen LogP) is 2.64. The molecule has 1 aromatic carbocycles. The second kappa shape index (κ2) is 4.85. The van der Waals surface area contributed by atoms with Gasteiger partial charge in [0.1, 0.15) is 5.82 Å². The third-order valence-corrected chi connectivity index (χ3v) is 3.86. The largest absolute Gasteiger partial charge is 0.263 e. The monoisotopic (exact) mass is 312 g/mol. The Kier molecular flexibility index (Phi) is 3.44. The number of rotatable bonds is 3. The zero-order valence-electron chi connectivity index (χ0n) is 8.67. The van der Waals surface area contributed by atoms with E-state index in [1.807, 2.05) is 0 Å². The fourth-order valence-corrected chi connectivity index (χ4v) is 2.50. The Morgan fingerprint density at radius 3 is 2.35 bits per heavy atom. The van der Waals surface area contributed by atoms with Gasteiger partial charge in [-0.05, 0) is 40.2 Å². The summed E-state index contributed by atoms with van der Waals surface area (Å²) in [6.45, 7) is 0. The summed E-state index contributed by atoms with van der Waals surface area (Å²) in [6, 6.07) is 11.5. The Morgan fingerprint density at radius 1 is 1.06 bits per heavy atom. The predicted molar refractivity (Wildman–Crippen MR) is 69.2 cm³/mol. The number of aromatic nitrogens is 1. The molecule has 0 amide bonds. The van der Waals surface area contributed by atoms with Gasteiger partial charge in [-0.25, -0.2) is 13.4 Å². The van der Waals surface area contributed by atoms with Crippen LogP contribution in [-0.4, -0.2) is 13.4 Å². The molecule has 0 aliphatic rings. The minimum atomic E-state index is -3.55. The van der Waals surface area contributed by atoms with E-state index in [1.54, 1.807) is 30.3 Å². The molecule has 1 heterocycles. The summed E-state index contributed by atoms with van der Waals surface area (Å²) in [4.78, 5) is 4.16. The van der Waals surface area contributed by atoms with Crippen molar-refractivity contribution in [3.8, 4) is 0 Å². The first-order valence-electron chi connectivity index (χ1n) is 4.77. The minimum absolute atomic E-state index is 0.213. The number of nitrogens with one attached hydrogen (secondary N) is 1. The van der Waals surface area contributed by atoms with Gasteiger partial charge in [0, 0.05) is 10.7 Å². The smallest absolute Gasteiger partial charge is 0.263 e. The molecule has 4 nitrogen and oxygen atoms in total. The van der Waals surface area contributed by atoms with Crippen LogP contribution in [0.25, 0.3) is 0 Å². The molecular weight excluding hydrogens is 304 g/mol. The molecule has 2 aromatic rings. The van der Waals surface area contributed by atoms with Gasteiger partial charge in [-0.15, -0.1) is 0 Å². The van der Waals surface area contributed by atoms with E-state index in [9.17, 15) is 8.42 Å². The maximum absolute atomic E-state index is 11.9. The van der Waals surface area contributed by atoms with Gasteiger partial charge < -0.3 is 0 Å². The van der Waals surface area contributed by atoms with Crippen LogP contribution < -0.4 is 4.72 Å². The van der Waals surface area contributed by atoms with Crippen LogP contribution in [0.2, 0.25) is 0 Å². The van der Waals surface area contributed by atoms with E-state index in [-0.39, 0.29) is 10.7 Å². The summed E-state index contributed by atoms with van der Waals surface area (Å²) in [5.74, 6) is 0.289. The molecule has 0 spiro atoms. The van der Waals surface area contributed by atoms with Crippen LogP contribution in [0.3, 0.4) is 0 Å². The summed E-state index contributed by atoms with van der Waals surface area (Å²) >= 11 is 3.23. The molecule has 0 saturated heterocycles. The zero-order valence-corrected chi connectivity index (χ0v) is 11.1. The van der Waals surface area contributed by atoms with Crippen LogP contribution in [0.5, 0.6) is 0 Å². The van der Waals surface area contributed by atoms with E-state index >= 15 is 0 Å². The van der Waals surface area contributed by atoms with Gasteiger partial charge in [0.05, 0.1) is 4.90 Å². The molecule has 2 rings (SSSR count). The first-order chi connectivity index (χ1) is 8.08. The number of halogens is 1. The molecule has 0 aliphatic heterocycles. The molecule has 88 valence electrons. The lowest BCUT2D eigenvalue weighted by molar-refractivity contribution is 0.601. The molecule has 1 aromatic heterocycles. The van der Waals surface area contributed by atoms with Crippen molar-refractivity contribution in [2.24, 2.45) is 0 Å². The van der Waals surface area contributed by atoms with Crippen LogP contribution in [0.1, 0.15) is 0 Å². The van der Waals surface area contributed by atoms with Crippen molar-refractivity contribution in [1.82, 2.24) is 4.98 Å². The minimum Gasteiger partial charge on any atom is -0.263 e. The molecule has 0 aliphatic carbocycles.